The van der Waals surface area contributed by atoms with E-state index in [4.69, 9.17) is 16.7 Å². The lowest BCUT2D eigenvalue weighted by molar-refractivity contribution is 0.0697. The van der Waals surface area contributed by atoms with Gasteiger partial charge in [0.1, 0.15) is 0 Å². The fraction of sp³-hybridized carbons (Fsp3) is 0.143. The maximum Gasteiger partial charge on any atom is 0.337 e. The van der Waals surface area contributed by atoms with Crippen LogP contribution in [0.2, 0.25) is 5.02 Å². The number of halogens is 1. The van der Waals surface area contributed by atoms with E-state index in [1.165, 1.54) is 18.2 Å². The van der Waals surface area contributed by atoms with Gasteiger partial charge in [0.05, 0.1) is 16.6 Å². The summed E-state index contributed by atoms with van der Waals surface area (Å²) in [4.78, 5) is 22.7. The van der Waals surface area contributed by atoms with Gasteiger partial charge in [-0.1, -0.05) is 11.6 Å². The summed E-state index contributed by atoms with van der Waals surface area (Å²) in [7, 11) is 0. The maximum absolute atomic E-state index is 11.9. The number of aromatic carboxylic acids is 1. The number of carboxylic acid groups (broad SMARTS) is 1. The van der Waals surface area contributed by atoms with Crippen LogP contribution in [0.25, 0.3) is 0 Å². The molecule has 3 N–H and O–H groups in total. The van der Waals surface area contributed by atoms with Crippen LogP contribution in [0, 0.1) is 0 Å². The second-order valence-corrected chi connectivity index (χ2v) is 5.56. The normalized spacial score (nSPS) is 11.7. The fourth-order valence-electron chi connectivity index (χ4n) is 1.73. The van der Waals surface area contributed by atoms with Crippen LogP contribution >= 0.6 is 22.9 Å². The number of carbonyl (C=O) groups is 2. The van der Waals surface area contributed by atoms with Gasteiger partial charge in [-0.3, -0.25) is 0 Å². The van der Waals surface area contributed by atoms with Crippen molar-refractivity contribution in [3.63, 3.8) is 0 Å². The van der Waals surface area contributed by atoms with Crippen molar-refractivity contribution in [1.29, 1.82) is 0 Å². The Morgan fingerprint density at radius 2 is 2.10 bits per heavy atom. The molecule has 0 aliphatic heterocycles. The number of benzene rings is 1. The summed E-state index contributed by atoms with van der Waals surface area (Å²) < 4.78 is 0. The van der Waals surface area contributed by atoms with Gasteiger partial charge in [-0.05, 0) is 47.5 Å². The zero-order valence-corrected chi connectivity index (χ0v) is 12.7. The van der Waals surface area contributed by atoms with Crippen molar-refractivity contribution in [1.82, 2.24) is 5.32 Å². The predicted octanol–water partition coefficient (Wildman–Crippen LogP) is 3.98. The average Bonchev–Trinajstić information content (AvgIpc) is 2.91. The number of anilines is 1. The van der Waals surface area contributed by atoms with Gasteiger partial charge in [0.25, 0.3) is 0 Å². The Morgan fingerprint density at radius 3 is 2.67 bits per heavy atom. The Labute approximate surface area is 130 Å². The smallest absolute Gasteiger partial charge is 0.337 e. The summed E-state index contributed by atoms with van der Waals surface area (Å²) in [5, 5.41) is 18.3. The molecular weight excluding hydrogens is 312 g/mol. The van der Waals surface area contributed by atoms with Crippen LogP contribution in [0.1, 0.15) is 28.9 Å². The Balaban J connectivity index is 2.00. The van der Waals surface area contributed by atoms with Crippen LogP contribution in [0.5, 0.6) is 0 Å². The topological polar surface area (TPSA) is 78.4 Å². The minimum Gasteiger partial charge on any atom is -0.478 e. The van der Waals surface area contributed by atoms with E-state index in [9.17, 15) is 9.59 Å². The molecule has 1 unspecified atom stereocenters. The molecule has 0 aliphatic rings. The molecule has 2 aromatic rings. The van der Waals surface area contributed by atoms with Crippen molar-refractivity contribution >= 4 is 40.6 Å². The highest BCUT2D eigenvalue weighted by atomic mass is 35.5. The third-order valence-electron chi connectivity index (χ3n) is 2.85. The quantitative estimate of drug-likeness (QED) is 0.796. The molecule has 2 amide bonds. The average molecular weight is 325 g/mol. The van der Waals surface area contributed by atoms with Gasteiger partial charge in [-0.25, -0.2) is 9.59 Å². The highest BCUT2D eigenvalue weighted by Crippen LogP contribution is 2.21. The first-order valence-corrected chi connectivity index (χ1v) is 7.42. The molecule has 0 fully saturated rings. The molecule has 110 valence electrons. The molecule has 1 heterocycles. The summed E-state index contributed by atoms with van der Waals surface area (Å²) in [5.41, 5.74) is 1.45. The Hall–Kier alpha value is -2.05. The Bertz CT molecular complexity index is 658. The number of urea groups is 1. The highest BCUT2D eigenvalue weighted by Gasteiger charge is 2.12. The lowest BCUT2D eigenvalue weighted by atomic mass is 10.2. The molecule has 1 aromatic carbocycles. The number of thiophene rings is 1. The van der Waals surface area contributed by atoms with Crippen LogP contribution in [0.4, 0.5) is 10.5 Å². The zero-order valence-electron chi connectivity index (χ0n) is 11.1. The molecule has 0 spiro atoms. The minimum absolute atomic E-state index is 0.00531. The lowest BCUT2D eigenvalue weighted by Gasteiger charge is -2.14. The van der Waals surface area contributed by atoms with Crippen molar-refractivity contribution < 1.29 is 14.7 Å². The molecule has 1 atom stereocenters. The van der Waals surface area contributed by atoms with E-state index in [1.54, 1.807) is 11.3 Å². The summed E-state index contributed by atoms with van der Waals surface area (Å²) in [6, 6.07) is 5.68. The molecule has 0 bridgehead atoms. The first kappa shape index (κ1) is 15.3. The van der Waals surface area contributed by atoms with E-state index >= 15 is 0 Å². The molecule has 0 saturated carbocycles. The summed E-state index contributed by atoms with van der Waals surface area (Å²) in [5.74, 6) is -1.11. The molecule has 7 heteroatoms. The number of hydrogen-bond acceptors (Lipinski definition) is 3. The minimum atomic E-state index is -1.11. The lowest BCUT2D eigenvalue weighted by Crippen LogP contribution is -2.30. The van der Waals surface area contributed by atoms with Crippen molar-refractivity contribution in [3.05, 3.63) is 51.2 Å². The summed E-state index contributed by atoms with van der Waals surface area (Å²) >= 11 is 7.40. The Morgan fingerprint density at radius 1 is 1.33 bits per heavy atom. The zero-order chi connectivity index (χ0) is 15.4. The Kier molecular flexibility index (Phi) is 4.82. The number of carboxylic acids is 1. The molecular formula is C14H13ClN2O3S. The van der Waals surface area contributed by atoms with Crippen molar-refractivity contribution in [2.75, 3.05) is 5.32 Å². The standard InChI is InChI=1S/C14H13ClN2O3S/c1-8(9-4-5-21-7-9)16-14(20)17-10-2-3-11(13(18)19)12(15)6-10/h2-8H,1H3,(H,18,19)(H2,16,17,20). The first-order chi connectivity index (χ1) is 9.97. The van der Waals surface area contributed by atoms with Crippen molar-refractivity contribution in [2.45, 2.75) is 13.0 Å². The first-order valence-electron chi connectivity index (χ1n) is 6.10. The second-order valence-electron chi connectivity index (χ2n) is 4.38. The van der Waals surface area contributed by atoms with Crippen LogP contribution in [-0.4, -0.2) is 17.1 Å². The van der Waals surface area contributed by atoms with Crippen LogP contribution in [0.3, 0.4) is 0 Å². The molecule has 0 aliphatic carbocycles. The molecule has 1 aromatic heterocycles. The van der Waals surface area contributed by atoms with Gasteiger partial charge >= 0.3 is 12.0 Å². The van der Waals surface area contributed by atoms with Gasteiger partial charge in [-0.2, -0.15) is 11.3 Å². The summed E-state index contributed by atoms with van der Waals surface area (Å²) in [6.07, 6.45) is 0. The van der Waals surface area contributed by atoms with Gasteiger partial charge in [0.2, 0.25) is 0 Å². The molecule has 21 heavy (non-hydrogen) atoms. The van der Waals surface area contributed by atoms with Crippen LogP contribution in [-0.2, 0) is 0 Å². The molecule has 2 rings (SSSR count). The third kappa shape index (κ3) is 3.96. The SMILES string of the molecule is CC(NC(=O)Nc1ccc(C(=O)O)c(Cl)c1)c1ccsc1. The molecule has 0 saturated heterocycles. The van der Waals surface area contributed by atoms with E-state index in [0.717, 1.165) is 5.56 Å². The van der Waals surface area contributed by atoms with Gasteiger partial charge in [-0.15, -0.1) is 0 Å². The predicted molar refractivity (Wildman–Crippen MR) is 83.3 cm³/mol. The van der Waals surface area contributed by atoms with Gasteiger partial charge in [0, 0.05) is 5.69 Å². The number of amides is 2. The monoisotopic (exact) mass is 324 g/mol. The maximum atomic E-state index is 11.9. The van der Waals surface area contributed by atoms with Crippen molar-refractivity contribution in [3.8, 4) is 0 Å². The second kappa shape index (κ2) is 6.60. The van der Waals surface area contributed by atoms with Crippen LogP contribution in [0.15, 0.2) is 35.0 Å². The van der Waals surface area contributed by atoms with Crippen molar-refractivity contribution in [2.24, 2.45) is 0 Å². The number of carbonyl (C=O) groups excluding carboxylic acids is 1. The number of rotatable bonds is 4. The van der Waals surface area contributed by atoms with E-state index in [2.05, 4.69) is 10.6 Å². The summed E-state index contributed by atoms with van der Waals surface area (Å²) in [6.45, 7) is 1.88. The van der Waals surface area contributed by atoms with E-state index in [1.807, 2.05) is 23.8 Å². The van der Waals surface area contributed by atoms with E-state index in [-0.39, 0.29) is 22.7 Å². The highest BCUT2D eigenvalue weighted by molar-refractivity contribution is 7.07. The van der Waals surface area contributed by atoms with E-state index < -0.39 is 5.97 Å². The molecule has 0 radical (unpaired) electrons. The van der Waals surface area contributed by atoms with E-state index in [0.29, 0.717) is 5.69 Å². The van der Waals surface area contributed by atoms with Crippen LogP contribution < -0.4 is 10.6 Å². The molecule has 5 nitrogen and oxygen atoms in total. The number of hydrogen-bond donors (Lipinski definition) is 3. The van der Waals surface area contributed by atoms with Gasteiger partial charge in [0.15, 0.2) is 0 Å². The largest absolute Gasteiger partial charge is 0.478 e. The fourth-order valence-corrected chi connectivity index (χ4v) is 2.75. The van der Waals surface area contributed by atoms with Gasteiger partial charge < -0.3 is 15.7 Å². The number of nitrogens with one attached hydrogen (secondary N) is 2. The third-order valence-corrected chi connectivity index (χ3v) is 3.86.